The van der Waals surface area contributed by atoms with Gasteiger partial charge in [0.05, 0.1) is 0 Å². The normalized spacial score (nSPS) is 11.7. The van der Waals surface area contributed by atoms with Crippen molar-refractivity contribution in [3.05, 3.63) is 67.6 Å². The van der Waals surface area contributed by atoms with Crippen molar-refractivity contribution in [3.8, 4) is 0 Å². The highest BCUT2D eigenvalue weighted by Crippen LogP contribution is 2.48. The van der Waals surface area contributed by atoms with Gasteiger partial charge in [-0.1, -0.05) is 85.2 Å². The Morgan fingerprint density at radius 1 is 0.773 bits per heavy atom. The fourth-order valence-electron chi connectivity index (χ4n) is 2.96. The smallest absolute Gasteiger partial charge is 0.0461 e. The Morgan fingerprint density at radius 2 is 1.14 bits per heavy atom. The summed E-state index contributed by atoms with van der Waals surface area (Å²) in [5.74, 6) is 0. The summed E-state index contributed by atoms with van der Waals surface area (Å²) >= 11 is 25.9. The number of benzene rings is 2. The van der Waals surface area contributed by atoms with Gasteiger partial charge in [-0.25, -0.2) is 0 Å². The second kappa shape index (κ2) is 7.45. The maximum atomic E-state index is 6.48. The molecule has 0 aliphatic carbocycles. The van der Waals surface area contributed by atoms with Gasteiger partial charge in [-0.3, -0.25) is 0 Å². The van der Waals surface area contributed by atoms with E-state index in [2.05, 4.69) is 13.8 Å². The Bertz CT molecular complexity index is 572. The van der Waals surface area contributed by atoms with E-state index in [0.29, 0.717) is 20.1 Å². The van der Waals surface area contributed by atoms with E-state index in [-0.39, 0.29) is 0 Å². The molecular weight excluding hydrogens is 358 g/mol. The van der Waals surface area contributed by atoms with Crippen LogP contribution in [0.15, 0.2) is 36.4 Å². The lowest BCUT2D eigenvalue weighted by atomic mass is 9.72. The quantitative estimate of drug-likeness (QED) is 0.500. The zero-order valence-electron chi connectivity index (χ0n) is 12.6. The summed E-state index contributed by atoms with van der Waals surface area (Å²) in [6.07, 6.45) is 2.97. The van der Waals surface area contributed by atoms with Crippen LogP contribution >= 0.6 is 46.4 Å². The number of rotatable bonds is 5. The molecule has 0 saturated heterocycles. The maximum Gasteiger partial charge on any atom is 0.0461 e. The lowest BCUT2D eigenvalue weighted by Crippen LogP contribution is -2.26. The number of unbranched alkanes of at least 4 members (excludes halogenated alkanes) is 1. The predicted molar refractivity (Wildman–Crippen MR) is 98.9 cm³/mol. The average Bonchev–Trinajstić information content (AvgIpc) is 2.45. The second-order valence-electron chi connectivity index (χ2n) is 5.63. The van der Waals surface area contributed by atoms with E-state index in [0.717, 1.165) is 30.4 Å². The van der Waals surface area contributed by atoms with Crippen LogP contribution in [0.4, 0.5) is 0 Å². The second-order valence-corrected chi connectivity index (χ2v) is 7.26. The van der Waals surface area contributed by atoms with Gasteiger partial charge in [-0.15, -0.1) is 0 Å². The van der Waals surface area contributed by atoms with Gasteiger partial charge >= 0.3 is 0 Å². The largest absolute Gasteiger partial charge is 0.0840 e. The molecule has 0 radical (unpaired) electrons. The SMILES string of the molecule is CCCCC(C)(c1c(Cl)cccc1Cl)c1c(Cl)cccc1Cl. The molecule has 0 bridgehead atoms. The van der Waals surface area contributed by atoms with Crippen molar-refractivity contribution >= 4 is 46.4 Å². The van der Waals surface area contributed by atoms with Crippen LogP contribution in [0, 0.1) is 0 Å². The van der Waals surface area contributed by atoms with Crippen molar-refractivity contribution in [2.24, 2.45) is 0 Å². The minimum Gasteiger partial charge on any atom is -0.0840 e. The third-order valence-corrected chi connectivity index (χ3v) is 5.32. The van der Waals surface area contributed by atoms with Crippen LogP contribution in [-0.2, 0) is 5.41 Å². The third kappa shape index (κ3) is 3.41. The lowest BCUT2D eigenvalue weighted by molar-refractivity contribution is 0.494. The molecule has 0 saturated carbocycles. The lowest BCUT2D eigenvalue weighted by Gasteiger charge is -2.34. The van der Waals surface area contributed by atoms with Crippen LogP contribution in [-0.4, -0.2) is 0 Å². The van der Waals surface area contributed by atoms with Crippen molar-refractivity contribution in [3.63, 3.8) is 0 Å². The molecule has 4 heteroatoms. The molecule has 0 atom stereocenters. The first-order chi connectivity index (χ1) is 10.4. The molecular formula is C18H18Cl4. The molecule has 0 heterocycles. The molecule has 2 aromatic carbocycles. The predicted octanol–water partition coefficient (Wildman–Crippen LogP) is 7.80. The van der Waals surface area contributed by atoms with E-state index in [1.165, 1.54) is 0 Å². The van der Waals surface area contributed by atoms with Gasteiger partial charge in [0.1, 0.15) is 0 Å². The molecule has 0 aliphatic heterocycles. The maximum absolute atomic E-state index is 6.48. The first kappa shape index (κ1) is 17.9. The van der Waals surface area contributed by atoms with Gasteiger partial charge in [0.15, 0.2) is 0 Å². The van der Waals surface area contributed by atoms with Crippen LogP contribution in [0.25, 0.3) is 0 Å². The highest BCUT2D eigenvalue weighted by molar-refractivity contribution is 6.38. The fraction of sp³-hybridized carbons (Fsp3) is 0.333. The molecule has 0 aliphatic rings. The van der Waals surface area contributed by atoms with Crippen molar-refractivity contribution in [1.29, 1.82) is 0 Å². The summed E-state index contributed by atoms with van der Waals surface area (Å²) in [7, 11) is 0. The van der Waals surface area contributed by atoms with E-state index in [4.69, 9.17) is 46.4 Å². The molecule has 0 fully saturated rings. The van der Waals surface area contributed by atoms with Gasteiger partial charge in [0.25, 0.3) is 0 Å². The van der Waals surface area contributed by atoms with Gasteiger partial charge in [-0.05, 0) is 41.8 Å². The molecule has 22 heavy (non-hydrogen) atoms. The topological polar surface area (TPSA) is 0 Å². The molecule has 118 valence electrons. The fourth-order valence-corrected chi connectivity index (χ4v) is 4.58. The molecule has 0 N–H and O–H groups in total. The van der Waals surface area contributed by atoms with Gasteiger partial charge in [-0.2, -0.15) is 0 Å². The molecule has 0 nitrogen and oxygen atoms in total. The summed E-state index contributed by atoms with van der Waals surface area (Å²) < 4.78 is 0. The van der Waals surface area contributed by atoms with Gasteiger partial charge in [0, 0.05) is 25.5 Å². The number of hydrogen-bond donors (Lipinski definition) is 0. The van der Waals surface area contributed by atoms with E-state index >= 15 is 0 Å². The first-order valence-corrected chi connectivity index (χ1v) is 8.82. The molecule has 0 amide bonds. The summed E-state index contributed by atoms with van der Waals surface area (Å²) in [4.78, 5) is 0. The summed E-state index contributed by atoms with van der Waals surface area (Å²) in [5.41, 5.74) is 1.35. The Morgan fingerprint density at radius 3 is 1.45 bits per heavy atom. The highest BCUT2D eigenvalue weighted by Gasteiger charge is 2.35. The minimum absolute atomic E-state index is 0.430. The molecule has 0 unspecified atom stereocenters. The average molecular weight is 376 g/mol. The Balaban J connectivity index is 2.73. The molecule has 2 rings (SSSR count). The van der Waals surface area contributed by atoms with Crippen molar-refractivity contribution in [1.82, 2.24) is 0 Å². The molecule has 0 spiro atoms. The van der Waals surface area contributed by atoms with E-state index in [9.17, 15) is 0 Å². The van der Waals surface area contributed by atoms with Crippen LogP contribution in [0.3, 0.4) is 0 Å². The van der Waals surface area contributed by atoms with Crippen molar-refractivity contribution in [2.45, 2.75) is 38.5 Å². The molecule has 0 aromatic heterocycles. The van der Waals surface area contributed by atoms with Crippen molar-refractivity contribution in [2.75, 3.05) is 0 Å². The number of hydrogen-bond acceptors (Lipinski definition) is 0. The number of halogens is 4. The summed E-state index contributed by atoms with van der Waals surface area (Å²) in [6, 6.07) is 11.1. The highest BCUT2D eigenvalue weighted by atomic mass is 35.5. The summed E-state index contributed by atoms with van der Waals surface area (Å²) in [6.45, 7) is 4.27. The Labute approximate surface area is 152 Å². The van der Waals surface area contributed by atoms with Crippen LogP contribution in [0.2, 0.25) is 20.1 Å². The van der Waals surface area contributed by atoms with Crippen LogP contribution < -0.4 is 0 Å². The first-order valence-electron chi connectivity index (χ1n) is 7.30. The van der Waals surface area contributed by atoms with E-state index in [1.54, 1.807) is 0 Å². The molecule has 2 aromatic rings. The van der Waals surface area contributed by atoms with Crippen LogP contribution in [0.5, 0.6) is 0 Å². The Hall–Kier alpha value is -0.400. The summed E-state index contributed by atoms with van der Waals surface area (Å²) in [5, 5.41) is 2.56. The minimum atomic E-state index is -0.430. The van der Waals surface area contributed by atoms with E-state index in [1.807, 2.05) is 36.4 Å². The third-order valence-electron chi connectivity index (χ3n) is 4.06. The van der Waals surface area contributed by atoms with Crippen LogP contribution in [0.1, 0.15) is 44.2 Å². The van der Waals surface area contributed by atoms with Gasteiger partial charge < -0.3 is 0 Å². The monoisotopic (exact) mass is 374 g/mol. The zero-order chi connectivity index (χ0) is 16.3. The van der Waals surface area contributed by atoms with E-state index < -0.39 is 5.41 Å². The van der Waals surface area contributed by atoms with Gasteiger partial charge in [0.2, 0.25) is 0 Å². The zero-order valence-corrected chi connectivity index (χ0v) is 15.6. The Kier molecular flexibility index (Phi) is 6.07. The standard InChI is InChI=1S/C18H18Cl4/c1-3-4-11-18(2,16-12(19)7-5-8-13(16)20)17-14(21)9-6-10-15(17)22/h5-10H,3-4,11H2,1-2H3. The van der Waals surface area contributed by atoms with Crippen molar-refractivity contribution < 1.29 is 0 Å².